The lowest BCUT2D eigenvalue weighted by Gasteiger charge is -2.27. The maximum atomic E-state index is 12.2. The molecule has 0 aromatic heterocycles. The average Bonchev–Trinajstić information content (AvgIpc) is 2.41. The molecule has 0 aliphatic rings. The Labute approximate surface area is 123 Å². The van der Waals surface area contributed by atoms with Crippen molar-refractivity contribution in [1.29, 1.82) is 0 Å². The van der Waals surface area contributed by atoms with Gasteiger partial charge in [-0.15, -0.1) is 0 Å². The number of carbonyl (C=O) groups excluding carboxylic acids is 1. The number of carbonyl (C=O) groups is 1. The van der Waals surface area contributed by atoms with Crippen LogP contribution in [-0.4, -0.2) is 52.2 Å². The van der Waals surface area contributed by atoms with E-state index in [4.69, 9.17) is 5.73 Å². The van der Waals surface area contributed by atoms with Crippen molar-refractivity contribution in [3.63, 3.8) is 0 Å². The van der Waals surface area contributed by atoms with Crippen molar-refractivity contribution in [1.82, 2.24) is 4.90 Å². The maximum Gasteiger partial charge on any atom is 0.239 e. The Bertz CT molecular complexity index is 468. The quantitative estimate of drug-likeness (QED) is 0.687. The molecule has 0 fully saturated rings. The minimum Gasteiger partial charge on any atom is -0.504 e. The SMILES string of the molecule is CSCC(C)N(C)C(=O)[C@@H](N)Cc1ccc(O)c(O)c1. The minimum atomic E-state index is -0.659. The number of nitrogens with two attached hydrogens (primary N) is 1. The molecule has 1 unspecified atom stereocenters. The normalized spacial score (nSPS) is 13.8. The molecule has 4 N–H and O–H groups in total. The Balaban J connectivity index is 2.67. The lowest BCUT2D eigenvalue weighted by atomic mass is 10.0. The van der Waals surface area contributed by atoms with Crippen LogP contribution in [0.5, 0.6) is 11.5 Å². The van der Waals surface area contributed by atoms with Crippen LogP contribution in [0.15, 0.2) is 18.2 Å². The van der Waals surface area contributed by atoms with Gasteiger partial charge >= 0.3 is 0 Å². The van der Waals surface area contributed by atoms with Gasteiger partial charge in [0.1, 0.15) is 0 Å². The molecular weight excluding hydrogens is 276 g/mol. The summed E-state index contributed by atoms with van der Waals surface area (Å²) in [6.45, 7) is 1.98. The Morgan fingerprint density at radius 1 is 1.40 bits per heavy atom. The molecule has 0 saturated heterocycles. The Morgan fingerprint density at radius 2 is 2.05 bits per heavy atom. The summed E-state index contributed by atoms with van der Waals surface area (Å²) in [5, 5.41) is 18.7. The van der Waals surface area contributed by atoms with E-state index in [0.29, 0.717) is 12.0 Å². The van der Waals surface area contributed by atoms with Crippen LogP contribution in [0.2, 0.25) is 0 Å². The molecule has 1 aromatic rings. The van der Waals surface area contributed by atoms with Crippen molar-refractivity contribution >= 4 is 17.7 Å². The molecule has 20 heavy (non-hydrogen) atoms. The fourth-order valence-electron chi connectivity index (χ4n) is 1.87. The maximum absolute atomic E-state index is 12.2. The lowest BCUT2D eigenvalue weighted by Crippen LogP contribution is -2.47. The van der Waals surface area contributed by atoms with Gasteiger partial charge in [0.05, 0.1) is 6.04 Å². The molecule has 1 amide bonds. The molecule has 0 aliphatic carbocycles. The largest absolute Gasteiger partial charge is 0.504 e. The number of likely N-dealkylation sites (N-methyl/N-ethyl adjacent to an activating group) is 1. The number of rotatable bonds is 6. The number of phenols is 2. The van der Waals surface area contributed by atoms with Gasteiger partial charge in [-0.3, -0.25) is 4.79 Å². The highest BCUT2D eigenvalue weighted by molar-refractivity contribution is 7.98. The summed E-state index contributed by atoms with van der Waals surface area (Å²) >= 11 is 1.68. The molecule has 0 saturated carbocycles. The zero-order valence-electron chi connectivity index (χ0n) is 12.0. The zero-order chi connectivity index (χ0) is 15.3. The molecule has 0 aliphatic heterocycles. The van der Waals surface area contributed by atoms with Gasteiger partial charge in [-0.05, 0) is 37.3 Å². The topological polar surface area (TPSA) is 86.8 Å². The van der Waals surface area contributed by atoms with Crippen LogP contribution in [0.3, 0.4) is 0 Å². The van der Waals surface area contributed by atoms with E-state index < -0.39 is 6.04 Å². The van der Waals surface area contributed by atoms with E-state index in [2.05, 4.69) is 0 Å². The van der Waals surface area contributed by atoms with E-state index in [-0.39, 0.29) is 23.4 Å². The molecular formula is C14H22N2O3S. The van der Waals surface area contributed by atoms with E-state index in [1.807, 2.05) is 13.2 Å². The first kappa shape index (κ1) is 16.7. The second-order valence-corrected chi connectivity index (χ2v) is 5.80. The molecule has 2 atom stereocenters. The predicted octanol–water partition coefficient (Wildman–Crippen LogP) is 1.18. The third-order valence-electron chi connectivity index (χ3n) is 3.23. The molecule has 5 nitrogen and oxygen atoms in total. The van der Waals surface area contributed by atoms with Gasteiger partial charge in [-0.2, -0.15) is 11.8 Å². The molecule has 6 heteroatoms. The van der Waals surface area contributed by atoms with E-state index >= 15 is 0 Å². The molecule has 0 radical (unpaired) electrons. The fourth-order valence-corrected chi connectivity index (χ4v) is 2.58. The van der Waals surface area contributed by atoms with E-state index in [1.165, 1.54) is 12.1 Å². The van der Waals surface area contributed by atoms with Crippen LogP contribution in [0.25, 0.3) is 0 Å². The highest BCUT2D eigenvalue weighted by Gasteiger charge is 2.22. The molecule has 112 valence electrons. The highest BCUT2D eigenvalue weighted by atomic mass is 32.2. The Hall–Kier alpha value is -1.40. The van der Waals surface area contributed by atoms with Crippen LogP contribution in [0.4, 0.5) is 0 Å². The summed E-state index contributed by atoms with van der Waals surface area (Å²) in [5.74, 6) is 0.347. The van der Waals surface area contributed by atoms with Crippen molar-refractivity contribution in [3.05, 3.63) is 23.8 Å². The third-order valence-corrected chi connectivity index (χ3v) is 4.05. The summed E-state index contributed by atoms with van der Waals surface area (Å²) in [6, 6.07) is 3.92. The van der Waals surface area contributed by atoms with Crippen molar-refractivity contribution in [2.75, 3.05) is 19.1 Å². The summed E-state index contributed by atoms with van der Waals surface area (Å²) in [6.07, 6.45) is 2.32. The van der Waals surface area contributed by atoms with Gasteiger partial charge in [0, 0.05) is 18.8 Å². The van der Waals surface area contributed by atoms with Crippen molar-refractivity contribution in [2.45, 2.75) is 25.4 Å². The smallest absolute Gasteiger partial charge is 0.239 e. The molecule has 0 bridgehead atoms. The highest BCUT2D eigenvalue weighted by Crippen LogP contribution is 2.25. The van der Waals surface area contributed by atoms with Crippen LogP contribution in [-0.2, 0) is 11.2 Å². The van der Waals surface area contributed by atoms with Gasteiger partial charge < -0.3 is 20.8 Å². The first-order valence-corrected chi connectivity index (χ1v) is 7.78. The number of thioether (sulfide) groups is 1. The Morgan fingerprint density at radius 3 is 2.60 bits per heavy atom. The van der Waals surface area contributed by atoms with E-state index in [1.54, 1.807) is 29.8 Å². The first-order valence-electron chi connectivity index (χ1n) is 6.38. The predicted molar refractivity (Wildman–Crippen MR) is 82.1 cm³/mol. The monoisotopic (exact) mass is 298 g/mol. The van der Waals surface area contributed by atoms with E-state index in [0.717, 1.165) is 5.75 Å². The van der Waals surface area contributed by atoms with Crippen molar-refractivity contribution in [3.8, 4) is 11.5 Å². The standard InChI is InChI=1S/C14H22N2O3S/c1-9(8-20-3)16(2)14(19)11(15)6-10-4-5-12(17)13(18)7-10/h4-5,7,9,11,17-18H,6,8,15H2,1-3H3/t9?,11-/m0/s1. The number of nitrogens with zero attached hydrogens (tertiary/aromatic N) is 1. The number of phenolic OH excluding ortho intramolecular Hbond substituents is 2. The summed E-state index contributed by atoms with van der Waals surface area (Å²) in [7, 11) is 1.75. The van der Waals surface area contributed by atoms with Crippen LogP contribution >= 0.6 is 11.8 Å². The number of aromatic hydroxyl groups is 2. The molecule has 1 rings (SSSR count). The lowest BCUT2D eigenvalue weighted by molar-refractivity contribution is -0.132. The average molecular weight is 298 g/mol. The molecule has 1 aromatic carbocycles. The number of benzene rings is 1. The third kappa shape index (κ3) is 4.31. The van der Waals surface area contributed by atoms with Crippen LogP contribution in [0, 0.1) is 0 Å². The van der Waals surface area contributed by atoms with Crippen molar-refractivity contribution in [2.24, 2.45) is 5.73 Å². The first-order chi connectivity index (χ1) is 9.36. The second kappa shape index (κ2) is 7.40. The number of amides is 1. The summed E-state index contributed by atoms with van der Waals surface area (Å²) in [4.78, 5) is 13.8. The van der Waals surface area contributed by atoms with Crippen LogP contribution < -0.4 is 5.73 Å². The Kier molecular flexibility index (Phi) is 6.16. The zero-order valence-corrected chi connectivity index (χ0v) is 12.9. The van der Waals surface area contributed by atoms with Gasteiger partial charge in [0.25, 0.3) is 0 Å². The van der Waals surface area contributed by atoms with Crippen molar-refractivity contribution < 1.29 is 15.0 Å². The molecule has 0 heterocycles. The second-order valence-electron chi connectivity index (χ2n) is 4.89. The van der Waals surface area contributed by atoms with Gasteiger partial charge in [0.2, 0.25) is 5.91 Å². The van der Waals surface area contributed by atoms with Crippen LogP contribution in [0.1, 0.15) is 12.5 Å². The van der Waals surface area contributed by atoms with Gasteiger partial charge in [-0.25, -0.2) is 0 Å². The number of hydrogen-bond acceptors (Lipinski definition) is 5. The summed E-state index contributed by atoms with van der Waals surface area (Å²) in [5.41, 5.74) is 6.64. The fraction of sp³-hybridized carbons (Fsp3) is 0.500. The minimum absolute atomic E-state index is 0.122. The molecule has 0 spiro atoms. The van der Waals surface area contributed by atoms with Gasteiger partial charge in [0.15, 0.2) is 11.5 Å². The number of hydrogen-bond donors (Lipinski definition) is 3. The van der Waals surface area contributed by atoms with E-state index in [9.17, 15) is 15.0 Å². The van der Waals surface area contributed by atoms with Gasteiger partial charge in [-0.1, -0.05) is 6.07 Å². The summed E-state index contributed by atoms with van der Waals surface area (Å²) < 4.78 is 0.